The summed E-state index contributed by atoms with van der Waals surface area (Å²) < 4.78 is 11.1. The summed E-state index contributed by atoms with van der Waals surface area (Å²) in [6, 6.07) is 16.2. The number of carboxylic acid groups (broad SMARTS) is 1. The largest absolute Gasteiger partial charge is 0.479 e. The van der Waals surface area contributed by atoms with E-state index in [1.807, 2.05) is 31.2 Å². The molecule has 0 aromatic heterocycles. The molecule has 0 radical (unpaired) electrons. The van der Waals surface area contributed by atoms with Crippen molar-refractivity contribution in [2.24, 2.45) is 0 Å². The van der Waals surface area contributed by atoms with E-state index in [9.17, 15) is 14.4 Å². The van der Waals surface area contributed by atoms with Crippen molar-refractivity contribution in [3.8, 4) is 11.1 Å². The molecule has 3 N–H and O–H groups in total. The average Bonchev–Trinajstić information content (AvgIpc) is 3.44. The Morgan fingerprint density at radius 1 is 1.06 bits per heavy atom. The predicted octanol–water partition coefficient (Wildman–Crippen LogP) is 3.83. The number of amides is 2. The molecular formula is C27H32N2O6. The first-order chi connectivity index (χ1) is 16.8. The van der Waals surface area contributed by atoms with Crippen LogP contribution in [0.3, 0.4) is 0 Å². The zero-order valence-electron chi connectivity index (χ0n) is 20.1. The van der Waals surface area contributed by atoms with Crippen LogP contribution < -0.4 is 10.6 Å². The van der Waals surface area contributed by atoms with Gasteiger partial charge in [-0.15, -0.1) is 0 Å². The Kier molecular flexibility index (Phi) is 7.40. The van der Waals surface area contributed by atoms with E-state index in [0.29, 0.717) is 25.7 Å². The fraction of sp³-hybridized carbons (Fsp3) is 0.444. The number of hydrogen-bond acceptors (Lipinski definition) is 5. The van der Waals surface area contributed by atoms with Crippen molar-refractivity contribution in [3.63, 3.8) is 0 Å². The number of alkyl carbamates (subject to hydrolysis) is 1. The van der Waals surface area contributed by atoms with Crippen molar-refractivity contribution in [1.82, 2.24) is 10.6 Å². The standard InChI is InChI=1S/C27H32N2O6/c1-3-14-27(2,25(32)28-15-17-12-13-23(35-17)24(30)31)29-26(33)34-16-22-20-10-6-4-8-18(20)19-9-5-7-11-21(19)22/h4-11,17,22-23H,3,12-16H2,1-2H3,(H,28,32)(H,29,33)(H,30,31). The monoisotopic (exact) mass is 480 g/mol. The smallest absolute Gasteiger partial charge is 0.408 e. The quantitative estimate of drug-likeness (QED) is 0.503. The second kappa shape index (κ2) is 10.5. The molecule has 1 aliphatic carbocycles. The van der Waals surface area contributed by atoms with Crippen molar-refractivity contribution in [3.05, 3.63) is 59.7 Å². The second-order valence-corrected chi connectivity index (χ2v) is 9.41. The average molecular weight is 481 g/mol. The highest BCUT2D eigenvalue weighted by Crippen LogP contribution is 2.44. The molecule has 1 aliphatic heterocycles. The maximum Gasteiger partial charge on any atom is 0.408 e. The predicted molar refractivity (Wildman–Crippen MR) is 130 cm³/mol. The van der Waals surface area contributed by atoms with Crippen LogP contribution in [0, 0.1) is 0 Å². The highest BCUT2D eigenvalue weighted by Gasteiger charge is 2.37. The second-order valence-electron chi connectivity index (χ2n) is 9.41. The van der Waals surface area contributed by atoms with E-state index in [1.165, 1.54) is 0 Å². The third-order valence-electron chi connectivity index (χ3n) is 6.85. The van der Waals surface area contributed by atoms with Gasteiger partial charge in [0.2, 0.25) is 5.91 Å². The van der Waals surface area contributed by atoms with Crippen molar-refractivity contribution >= 4 is 18.0 Å². The Hall–Kier alpha value is -3.39. The van der Waals surface area contributed by atoms with Gasteiger partial charge in [0.25, 0.3) is 0 Å². The molecule has 0 saturated carbocycles. The van der Waals surface area contributed by atoms with Crippen LogP contribution in [0.5, 0.6) is 0 Å². The Morgan fingerprint density at radius 3 is 2.26 bits per heavy atom. The molecule has 2 aliphatic rings. The molecule has 1 saturated heterocycles. The van der Waals surface area contributed by atoms with Gasteiger partial charge < -0.3 is 25.2 Å². The Balaban J connectivity index is 1.35. The molecule has 2 aromatic rings. The zero-order valence-corrected chi connectivity index (χ0v) is 20.1. The van der Waals surface area contributed by atoms with Crippen molar-refractivity contribution in [2.45, 2.75) is 63.2 Å². The Bertz CT molecular complexity index is 1060. The van der Waals surface area contributed by atoms with Crippen LogP contribution in [0.25, 0.3) is 11.1 Å². The number of hydrogen-bond donors (Lipinski definition) is 3. The molecule has 0 spiro atoms. The van der Waals surface area contributed by atoms with E-state index >= 15 is 0 Å². The SMILES string of the molecule is CCCC(C)(NC(=O)OCC1c2ccccc2-c2ccccc21)C(=O)NCC1CCC(C(=O)O)O1. The highest BCUT2D eigenvalue weighted by atomic mass is 16.5. The number of aliphatic carboxylic acids is 1. The van der Waals surface area contributed by atoms with Gasteiger partial charge in [0, 0.05) is 12.5 Å². The first kappa shape index (κ1) is 24.7. The van der Waals surface area contributed by atoms with Gasteiger partial charge in [-0.05, 0) is 48.4 Å². The van der Waals surface area contributed by atoms with E-state index in [2.05, 4.69) is 34.9 Å². The number of fused-ring (bicyclic) bond motifs is 3. The van der Waals surface area contributed by atoms with Crippen LogP contribution in [-0.4, -0.2) is 54.0 Å². The van der Waals surface area contributed by atoms with E-state index in [-0.39, 0.29) is 31.1 Å². The Labute approximate surface area is 205 Å². The molecule has 2 aromatic carbocycles. The summed E-state index contributed by atoms with van der Waals surface area (Å²) in [6.07, 6.45) is 0.224. The summed E-state index contributed by atoms with van der Waals surface area (Å²) in [5, 5.41) is 14.6. The summed E-state index contributed by atoms with van der Waals surface area (Å²) >= 11 is 0. The lowest BCUT2D eigenvalue weighted by molar-refractivity contribution is -0.149. The van der Waals surface area contributed by atoms with Gasteiger partial charge in [-0.3, -0.25) is 4.79 Å². The molecule has 3 unspecified atom stereocenters. The van der Waals surface area contributed by atoms with Crippen molar-refractivity contribution < 1.29 is 29.0 Å². The fourth-order valence-corrected chi connectivity index (χ4v) is 5.03. The molecule has 1 fully saturated rings. The third kappa shape index (κ3) is 5.32. The minimum Gasteiger partial charge on any atom is -0.479 e. The van der Waals surface area contributed by atoms with Gasteiger partial charge in [0.15, 0.2) is 6.10 Å². The van der Waals surface area contributed by atoms with E-state index in [0.717, 1.165) is 22.3 Å². The van der Waals surface area contributed by atoms with Crippen LogP contribution in [0.2, 0.25) is 0 Å². The summed E-state index contributed by atoms with van der Waals surface area (Å²) in [5.41, 5.74) is 3.36. The molecule has 35 heavy (non-hydrogen) atoms. The number of carboxylic acids is 1. The first-order valence-electron chi connectivity index (χ1n) is 12.1. The first-order valence-corrected chi connectivity index (χ1v) is 12.1. The molecule has 3 atom stereocenters. The number of carbonyl (C=O) groups is 3. The lowest BCUT2D eigenvalue weighted by Crippen LogP contribution is -2.57. The molecular weight excluding hydrogens is 448 g/mol. The Morgan fingerprint density at radius 2 is 1.69 bits per heavy atom. The van der Waals surface area contributed by atoms with Crippen LogP contribution >= 0.6 is 0 Å². The number of ether oxygens (including phenoxy) is 2. The van der Waals surface area contributed by atoms with Gasteiger partial charge in [-0.2, -0.15) is 0 Å². The van der Waals surface area contributed by atoms with E-state index in [4.69, 9.17) is 14.6 Å². The van der Waals surface area contributed by atoms with Crippen LogP contribution in [0.15, 0.2) is 48.5 Å². The summed E-state index contributed by atoms with van der Waals surface area (Å²) in [5.74, 6) is -1.41. The number of rotatable bonds is 9. The molecule has 8 nitrogen and oxygen atoms in total. The maximum absolute atomic E-state index is 13.0. The molecule has 2 amide bonds. The van der Waals surface area contributed by atoms with Crippen LogP contribution in [0.4, 0.5) is 4.79 Å². The molecule has 0 bridgehead atoms. The molecule has 8 heteroatoms. The summed E-state index contributed by atoms with van der Waals surface area (Å²) in [7, 11) is 0. The minimum absolute atomic E-state index is 0.0684. The zero-order chi connectivity index (χ0) is 25.0. The van der Waals surface area contributed by atoms with E-state index in [1.54, 1.807) is 6.92 Å². The van der Waals surface area contributed by atoms with Gasteiger partial charge in [0.1, 0.15) is 12.1 Å². The molecule has 4 rings (SSSR count). The topological polar surface area (TPSA) is 114 Å². The van der Waals surface area contributed by atoms with Gasteiger partial charge in [-0.1, -0.05) is 61.9 Å². The molecule has 186 valence electrons. The normalized spacial score (nSPS) is 20.4. The van der Waals surface area contributed by atoms with Gasteiger partial charge in [0.05, 0.1) is 6.10 Å². The van der Waals surface area contributed by atoms with Gasteiger partial charge in [-0.25, -0.2) is 9.59 Å². The van der Waals surface area contributed by atoms with Gasteiger partial charge >= 0.3 is 12.1 Å². The number of benzene rings is 2. The summed E-state index contributed by atoms with van der Waals surface area (Å²) in [6.45, 7) is 3.95. The van der Waals surface area contributed by atoms with E-state index < -0.39 is 23.7 Å². The van der Waals surface area contributed by atoms with Crippen LogP contribution in [-0.2, 0) is 19.1 Å². The highest BCUT2D eigenvalue weighted by molar-refractivity contribution is 5.89. The maximum atomic E-state index is 13.0. The fourth-order valence-electron chi connectivity index (χ4n) is 5.03. The van der Waals surface area contributed by atoms with Crippen molar-refractivity contribution in [2.75, 3.05) is 13.2 Å². The molecule has 1 heterocycles. The van der Waals surface area contributed by atoms with Crippen LogP contribution in [0.1, 0.15) is 56.6 Å². The third-order valence-corrected chi connectivity index (χ3v) is 6.85. The van der Waals surface area contributed by atoms with Crippen molar-refractivity contribution in [1.29, 1.82) is 0 Å². The minimum atomic E-state index is -1.16. The lowest BCUT2D eigenvalue weighted by atomic mass is 9.95. The summed E-state index contributed by atoms with van der Waals surface area (Å²) in [4.78, 5) is 36.9. The number of carbonyl (C=O) groups excluding carboxylic acids is 2. The lowest BCUT2D eigenvalue weighted by Gasteiger charge is -2.29. The number of nitrogens with one attached hydrogen (secondary N) is 2.